The summed E-state index contributed by atoms with van der Waals surface area (Å²) >= 11 is 0. The molecule has 2 fully saturated rings. The van der Waals surface area contributed by atoms with E-state index in [1.807, 2.05) is 6.92 Å². The number of carbonyl (C=O) groups excluding carboxylic acids is 1. The standard InChI is InChI=1S/C10H17NO2/c1-2-13-10(12)7-3-8-5-11-6-9(8)4-7/h7-9,11H,2-6H2,1H3/t8-,9-/m1/s1. The fourth-order valence-corrected chi connectivity index (χ4v) is 2.62. The Bertz CT molecular complexity index is 193. The summed E-state index contributed by atoms with van der Waals surface area (Å²) < 4.78 is 5.03. The third-order valence-electron chi connectivity index (χ3n) is 3.27. The van der Waals surface area contributed by atoms with Crippen LogP contribution in [0.5, 0.6) is 0 Å². The predicted molar refractivity (Wildman–Crippen MR) is 49.2 cm³/mol. The highest BCUT2D eigenvalue weighted by atomic mass is 16.5. The normalized spacial score (nSPS) is 33.3. The van der Waals surface area contributed by atoms with Crippen molar-refractivity contribution in [3.63, 3.8) is 0 Å². The molecule has 3 heteroatoms. The van der Waals surface area contributed by atoms with Gasteiger partial charge < -0.3 is 10.1 Å². The van der Waals surface area contributed by atoms with Crippen LogP contribution >= 0.6 is 0 Å². The molecule has 0 bridgehead atoms. The van der Waals surface area contributed by atoms with Crippen molar-refractivity contribution in [1.29, 1.82) is 0 Å². The Morgan fingerprint density at radius 2 is 2.00 bits per heavy atom. The number of ether oxygens (including phenoxy) is 1. The molecule has 3 nitrogen and oxygen atoms in total. The van der Waals surface area contributed by atoms with Crippen molar-refractivity contribution >= 4 is 5.97 Å². The third-order valence-corrected chi connectivity index (χ3v) is 3.27. The highest BCUT2D eigenvalue weighted by molar-refractivity contribution is 5.72. The van der Waals surface area contributed by atoms with Crippen LogP contribution in [0.1, 0.15) is 19.8 Å². The SMILES string of the molecule is CCOC(=O)C1C[C@@H]2CNC[C@H]2C1. The minimum Gasteiger partial charge on any atom is -0.466 e. The van der Waals surface area contributed by atoms with Crippen LogP contribution in [-0.4, -0.2) is 25.7 Å². The molecule has 1 N–H and O–H groups in total. The van der Waals surface area contributed by atoms with Gasteiger partial charge in [-0.15, -0.1) is 0 Å². The first-order valence-electron chi connectivity index (χ1n) is 5.18. The molecule has 74 valence electrons. The van der Waals surface area contributed by atoms with Gasteiger partial charge in [-0.05, 0) is 44.7 Å². The second-order valence-corrected chi connectivity index (χ2v) is 4.10. The molecular formula is C10H17NO2. The largest absolute Gasteiger partial charge is 0.466 e. The smallest absolute Gasteiger partial charge is 0.308 e. The number of hydrogen-bond donors (Lipinski definition) is 1. The molecule has 13 heavy (non-hydrogen) atoms. The summed E-state index contributed by atoms with van der Waals surface area (Å²) in [5.41, 5.74) is 0. The molecule has 0 radical (unpaired) electrons. The highest BCUT2D eigenvalue weighted by Gasteiger charge is 2.40. The van der Waals surface area contributed by atoms with Gasteiger partial charge in [0.05, 0.1) is 12.5 Å². The van der Waals surface area contributed by atoms with E-state index in [2.05, 4.69) is 5.32 Å². The minimum absolute atomic E-state index is 0.0249. The van der Waals surface area contributed by atoms with Crippen molar-refractivity contribution in [1.82, 2.24) is 5.32 Å². The summed E-state index contributed by atoms with van der Waals surface area (Å²) in [6.07, 6.45) is 2.08. The van der Waals surface area contributed by atoms with Gasteiger partial charge in [0, 0.05) is 0 Å². The Morgan fingerprint density at radius 1 is 1.38 bits per heavy atom. The molecular weight excluding hydrogens is 166 g/mol. The van der Waals surface area contributed by atoms with Gasteiger partial charge in [-0.3, -0.25) is 4.79 Å². The van der Waals surface area contributed by atoms with E-state index >= 15 is 0 Å². The molecule has 2 atom stereocenters. The van der Waals surface area contributed by atoms with Crippen molar-refractivity contribution in [3.8, 4) is 0 Å². The topological polar surface area (TPSA) is 38.3 Å². The molecule has 1 heterocycles. The molecule has 1 aliphatic heterocycles. The second-order valence-electron chi connectivity index (χ2n) is 4.10. The van der Waals surface area contributed by atoms with Gasteiger partial charge in [-0.2, -0.15) is 0 Å². The van der Waals surface area contributed by atoms with Gasteiger partial charge in [0.1, 0.15) is 0 Å². The molecule has 1 aliphatic carbocycles. The Kier molecular flexibility index (Phi) is 2.54. The van der Waals surface area contributed by atoms with E-state index in [9.17, 15) is 4.79 Å². The van der Waals surface area contributed by atoms with Crippen LogP contribution in [0.3, 0.4) is 0 Å². The lowest BCUT2D eigenvalue weighted by molar-refractivity contribution is -0.147. The van der Waals surface area contributed by atoms with Crippen LogP contribution in [0.2, 0.25) is 0 Å². The van der Waals surface area contributed by atoms with Crippen molar-refractivity contribution < 1.29 is 9.53 Å². The molecule has 2 aliphatic rings. The maximum absolute atomic E-state index is 11.4. The van der Waals surface area contributed by atoms with Crippen LogP contribution in [0.4, 0.5) is 0 Å². The second kappa shape index (κ2) is 3.66. The zero-order valence-electron chi connectivity index (χ0n) is 8.08. The Balaban J connectivity index is 1.87. The minimum atomic E-state index is 0.0249. The third kappa shape index (κ3) is 1.70. The monoisotopic (exact) mass is 183 g/mol. The van der Waals surface area contributed by atoms with Crippen LogP contribution in [0.15, 0.2) is 0 Å². The number of fused-ring (bicyclic) bond motifs is 1. The van der Waals surface area contributed by atoms with Gasteiger partial charge in [0.2, 0.25) is 0 Å². The van der Waals surface area contributed by atoms with Crippen molar-refractivity contribution in [3.05, 3.63) is 0 Å². The van der Waals surface area contributed by atoms with E-state index < -0.39 is 0 Å². The fraction of sp³-hybridized carbons (Fsp3) is 0.900. The van der Waals surface area contributed by atoms with E-state index in [4.69, 9.17) is 4.74 Å². The summed E-state index contributed by atoms with van der Waals surface area (Å²) in [5.74, 6) is 1.68. The molecule has 0 spiro atoms. The van der Waals surface area contributed by atoms with Crippen molar-refractivity contribution in [2.45, 2.75) is 19.8 Å². The highest BCUT2D eigenvalue weighted by Crippen LogP contribution is 2.38. The summed E-state index contributed by atoms with van der Waals surface area (Å²) in [6, 6.07) is 0. The van der Waals surface area contributed by atoms with E-state index in [-0.39, 0.29) is 11.9 Å². The molecule has 1 saturated heterocycles. The molecule has 0 aromatic rings. The van der Waals surface area contributed by atoms with Crippen molar-refractivity contribution in [2.24, 2.45) is 17.8 Å². The first-order chi connectivity index (χ1) is 6.31. The molecule has 2 rings (SSSR count). The van der Waals surface area contributed by atoms with Gasteiger partial charge in [-0.1, -0.05) is 0 Å². The summed E-state index contributed by atoms with van der Waals surface area (Å²) in [7, 11) is 0. The van der Waals surface area contributed by atoms with E-state index in [1.54, 1.807) is 0 Å². The first-order valence-corrected chi connectivity index (χ1v) is 5.18. The summed E-state index contributed by atoms with van der Waals surface area (Å²) in [5, 5.41) is 3.36. The predicted octanol–water partition coefficient (Wildman–Crippen LogP) is 0.795. The lowest BCUT2D eigenvalue weighted by atomic mass is 10.0. The Morgan fingerprint density at radius 3 is 2.54 bits per heavy atom. The molecule has 0 aromatic heterocycles. The van der Waals surface area contributed by atoms with E-state index in [1.165, 1.54) is 0 Å². The first kappa shape index (κ1) is 9.00. The fourth-order valence-electron chi connectivity index (χ4n) is 2.62. The maximum Gasteiger partial charge on any atom is 0.308 e. The lowest BCUT2D eigenvalue weighted by Gasteiger charge is -2.09. The van der Waals surface area contributed by atoms with Crippen LogP contribution in [-0.2, 0) is 9.53 Å². The number of hydrogen-bond acceptors (Lipinski definition) is 3. The van der Waals surface area contributed by atoms with Gasteiger partial charge in [0.25, 0.3) is 0 Å². The summed E-state index contributed by atoms with van der Waals surface area (Å²) in [6.45, 7) is 4.58. The van der Waals surface area contributed by atoms with Crippen LogP contribution < -0.4 is 5.32 Å². The number of esters is 1. The maximum atomic E-state index is 11.4. The number of nitrogens with one attached hydrogen (secondary N) is 1. The van der Waals surface area contributed by atoms with Crippen LogP contribution in [0, 0.1) is 17.8 Å². The van der Waals surface area contributed by atoms with Crippen LogP contribution in [0.25, 0.3) is 0 Å². The van der Waals surface area contributed by atoms with Gasteiger partial charge >= 0.3 is 5.97 Å². The molecule has 1 saturated carbocycles. The Hall–Kier alpha value is -0.570. The van der Waals surface area contributed by atoms with E-state index in [0.717, 1.165) is 37.8 Å². The van der Waals surface area contributed by atoms with Gasteiger partial charge in [0.15, 0.2) is 0 Å². The average molecular weight is 183 g/mol. The molecule has 0 unspecified atom stereocenters. The Labute approximate surface area is 78.8 Å². The number of carbonyl (C=O) groups is 1. The number of rotatable bonds is 2. The van der Waals surface area contributed by atoms with Crippen molar-refractivity contribution in [2.75, 3.05) is 19.7 Å². The van der Waals surface area contributed by atoms with Gasteiger partial charge in [-0.25, -0.2) is 0 Å². The summed E-state index contributed by atoms with van der Waals surface area (Å²) in [4.78, 5) is 11.4. The lowest BCUT2D eigenvalue weighted by Crippen LogP contribution is -2.19. The zero-order chi connectivity index (χ0) is 9.26. The zero-order valence-corrected chi connectivity index (χ0v) is 8.08. The van der Waals surface area contributed by atoms with E-state index in [0.29, 0.717) is 6.61 Å². The quantitative estimate of drug-likeness (QED) is 0.643. The average Bonchev–Trinajstić information content (AvgIpc) is 2.61. The molecule has 0 amide bonds. The molecule has 0 aromatic carbocycles.